The summed E-state index contributed by atoms with van der Waals surface area (Å²) in [7, 11) is 1.47. The summed E-state index contributed by atoms with van der Waals surface area (Å²) in [6.07, 6.45) is -0.395. The summed E-state index contributed by atoms with van der Waals surface area (Å²) in [5.41, 5.74) is 6.95. The van der Waals surface area contributed by atoms with E-state index in [9.17, 15) is 9.59 Å². The maximum absolute atomic E-state index is 12.1. The van der Waals surface area contributed by atoms with E-state index in [0.717, 1.165) is 5.56 Å². The average molecular weight is 265 g/mol. The standard InChI is InChI=1S/C14H19NO4/c1-8(2)9-4-5-10(12(6-9)19-3)14(18)11(15)7-13(16)17/h4-6,8,11H,7,15H2,1-3H3,(H,16,17). The molecule has 0 aliphatic heterocycles. The molecule has 0 spiro atoms. The first kappa shape index (κ1) is 15.2. The van der Waals surface area contributed by atoms with Crippen molar-refractivity contribution in [2.45, 2.75) is 32.2 Å². The lowest BCUT2D eigenvalue weighted by Gasteiger charge is -2.14. The second-order valence-corrected chi connectivity index (χ2v) is 4.68. The van der Waals surface area contributed by atoms with Gasteiger partial charge < -0.3 is 15.6 Å². The summed E-state index contributed by atoms with van der Waals surface area (Å²) in [6.45, 7) is 4.07. The molecule has 1 aromatic carbocycles. The second-order valence-electron chi connectivity index (χ2n) is 4.68. The Morgan fingerprint density at radius 3 is 2.47 bits per heavy atom. The van der Waals surface area contributed by atoms with Crippen molar-refractivity contribution in [3.8, 4) is 5.75 Å². The van der Waals surface area contributed by atoms with E-state index in [1.807, 2.05) is 19.9 Å². The number of carbonyl (C=O) groups is 2. The fraction of sp³-hybridized carbons (Fsp3) is 0.429. The summed E-state index contributed by atoms with van der Waals surface area (Å²) in [5, 5.41) is 8.66. The van der Waals surface area contributed by atoms with Crippen LogP contribution in [0.4, 0.5) is 0 Å². The van der Waals surface area contributed by atoms with Gasteiger partial charge >= 0.3 is 5.97 Å². The minimum atomic E-state index is -1.10. The zero-order valence-electron chi connectivity index (χ0n) is 11.3. The van der Waals surface area contributed by atoms with Crippen molar-refractivity contribution in [3.05, 3.63) is 29.3 Å². The van der Waals surface area contributed by atoms with E-state index in [2.05, 4.69) is 0 Å². The van der Waals surface area contributed by atoms with Gasteiger partial charge in [-0.2, -0.15) is 0 Å². The molecule has 5 heteroatoms. The molecule has 0 radical (unpaired) electrons. The van der Waals surface area contributed by atoms with Crippen LogP contribution in [0.5, 0.6) is 5.75 Å². The average Bonchev–Trinajstić information content (AvgIpc) is 2.36. The monoisotopic (exact) mass is 265 g/mol. The van der Waals surface area contributed by atoms with Gasteiger partial charge in [-0.15, -0.1) is 0 Å². The highest BCUT2D eigenvalue weighted by Crippen LogP contribution is 2.25. The Morgan fingerprint density at radius 2 is 2.00 bits per heavy atom. The highest BCUT2D eigenvalue weighted by molar-refractivity contribution is 6.03. The highest BCUT2D eigenvalue weighted by Gasteiger charge is 2.22. The first-order valence-corrected chi connectivity index (χ1v) is 6.06. The number of rotatable bonds is 6. The number of carbonyl (C=O) groups excluding carboxylic acids is 1. The van der Waals surface area contributed by atoms with Gasteiger partial charge in [0.05, 0.1) is 25.1 Å². The third-order valence-electron chi connectivity index (χ3n) is 2.89. The molecule has 1 atom stereocenters. The van der Waals surface area contributed by atoms with Crippen LogP contribution in [-0.4, -0.2) is 30.0 Å². The molecule has 0 aliphatic carbocycles. The molecule has 104 valence electrons. The number of benzene rings is 1. The second kappa shape index (κ2) is 6.33. The van der Waals surface area contributed by atoms with Crippen LogP contribution in [0.3, 0.4) is 0 Å². The topological polar surface area (TPSA) is 89.6 Å². The van der Waals surface area contributed by atoms with E-state index in [4.69, 9.17) is 15.6 Å². The van der Waals surface area contributed by atoms with E-state index < -0.39 is 24.2 Å². The number of methoxy groups -OCH3 is 1. The maximum Gasteiger partial charge on any atom is 0.305 e. The Morgan fingerprint density at radius 1 is 1.37 bits per heavy atom. The van der Waals surface area contributed by atoms with E-state index in [0.29, 0.717) is 17.2 Å². The Labute approximate surface area is 112 Å². The van der Waals surface area contributed by atoms with Crippen molar-refractivity contribution in [1.29, 1.82) is 0 Å². The highest BCUT2D eigenvalue weighted by atomic mass is 16.5. The van der Waals surface area contributed by atoms with Gasteiger partial charge in [0.25, 0.3) is 0 Å². The minimum absolute atomic E-state index is 0.311. The normalized spacial score (nSPS) is 12.3. The van der Waals surface area contributed by atoms with E-state index >= 15 is 0 Å². The summed E-state index contributed by atoms with van der Waals surface area (Å²) >= 11 is 0. The SMILES string of the molecule is COc1cc(C(C)C)ccc1C(=O)C(N)CC(=O)O. The van der Waals surface area contributed by atoms with Crippen molar-refractivity contribution in [3.63, 3.8) is 0 Å². The first-order valence-electron chi connectivity index (χ1n) is 6.06. The Hall–Kier alpha value is -1.88. The van der Waals surface area contributed by atoms with Crippen LogP contribution >= 0.6 is 0 Å². The van der Waals surface area contributed by atoms with Gasteiger partial charge in [-0.25, -0.2) is 0 Å². The van der Waals surface area contributed by atoms with Gasteiger partial charge in [0.2, 0.25) is 0 Å². The van der Waals surface area contributed by atoms with Gasteiger partial charge in [-0.05, 0) is 23.6 Å². The number of ether oxygens (including phenoxy) is 1. The molecule has 3 N–H and O–H groups in total. The zero-order valence-corrected chi connectivity index (χ0v) is 11.3. The fourth-order valence-corrected chi connectivity index (χ4v) is 1.75. The number of hydrogen-bond acceptors (Lipinski definition) is 4. The molecule has 0 saturated carbocycles. The maximum atomic E-state index is 12.1. The molecule has 0 amide bonds. The summed E-state index contributed by atoms with van der Waals surface area (Å²) < 4.78 is 5.19. The van der Waals surface area contributed by atoms with Crippen LogP contribution in [0.25, 0.3) is 0 Å². The molecule has 1 unspecified atom stereocenters. The van der Waals surface area contributed by atoms with E-state index in [-0.39, 0.29) is 0 Å². The number of carboxylic acid groups (broad SMARTS) is 1. The van der Waals surface area contributed by atoms with Crippen molar-refractivity contribution in [1.82, 2.24) is 0 Å². The third-order valence-corrected chi connectivity index (χ3v) is 2.89. The van der Waals surface area contributed by atoms with Gasteiger partial charge in [0.15, 0.2) is 5.78 Å². The van der Waals surface area contributed by atoms with Crippen molar-refractivity contribution < 1.29 is 19.4 Å². The third kappa shape index (κ3) is 3.79. The van der Waals surface area contributed by atoms with Crippen molar-refractivity contribution in [2.24, 2.45) is 5.73 Å². The molecule has 1 rings (SSSR count). The van der Waals surface area contributed by atoms with Gasteiger partial charge in [0.1, 0.15) is 5.75 Å². The van der Waals surface area contributed by atoms with Gasteiger partial charge in [-0.1, -0.05) is 19.9 Å². The number of Topliss-reactive ketones (excluding diaryl/α,β-unsaturated/α-hetero) is 1. The molecule has 19 heavy (non-hydrogen) atoms. The Bertz CT molecular complexity index is 482. The zero-order chi connectivity index (χ0) is 14.6. The van der Waals surface area contributed by atoms with Gasteiger partial charge in [-0.3, -0.25) is 9.59 Å². The number of hydrogen-bond donors (Lipinski definition) is 2. The smallest absolute Gasteiger partial charge is 0.305 e. The molecular weight excluding hydrogens is 246 g/mol. The molecule has 5 nitrogen and oxygen atoms in total. The molecule has 1 aromatic rings. The predicted octanol–water partition coefficient (Wildman–Crippen LogP) is 1.80. The number of aliphatic carboxylic acids is 1. The molecule has 0 bridgehead atoms. The predicted molar refractivity (Wildman–Crippen MR) is 71.6 cm³/mol. The summed E-state index contributed by atoms with van der Waals surface area (Å²) in [5.74, 6) is -0.782. The van der Waals surface area contributed by atoms with Gasteiger partial charge in [0, 0.05) is 0 Å². The number of carboxylic acids is 1. The first-order chi connectivity index (χ1) is 8.86. The van der Waals surface area contributed by atoms with Crippen LogP contribution in [-0.2, 0) is 4.79 Å². The van der Waals surface area contributed by atoms with Crippen molar-refractivity contribution in [2.75, 3.05) is 7.11 Å². The molecule has 0 saturated heterocycles. The Kier molecular flexibility index (Phi) is 5.06. The minimum Gasteiger partial charge on any atom is -0.496 e. The molecule has 0 aliphatic rings. The van der Waals surface area contributed by atoms with Crippen LogP contribution < -0.4 is 10.5 Å². The van der Waals surface area contributed by atoms with Crippen LogP contribution in [0.2, 0.25) is 0 Å². The largest absolute Gasteiger partial charge is 0.496 e. The molecular formula is C14H19NO4. The van der Waals surface area contributed by atoms with Crippen LogP contribution in [0.15, 0.2) is 18.2 Å². The Balaban J connectivity index is 3.06. The number of ketones is 1. The lowest BCUT2D eigenvalue weighted by molar-refractivity contribution is -0.137. The van der Waals surface area contributed by atoms with Crippen LogP contribution in [0.1, 0.15) is 42.1 Å². The fourth-order valence-electron chi connectivity index (χ4n) is 1.75. The molecule has 0 heterocycles. The summed E-state index contributed by atoms with van der Waals surface area (Å²) in [4.78, 5) is 22.7. The number of nitrogens with two attached hydrogens (primary N) is 1. The van der Waals surface area contributed by atoms with Crippen molar-refractivity contribution >= 4 is 11.8 Å². The summed E-state index contributed by atoms with van der Waals surface area (Å²) in [6, 6.07) is 4.19. The van der Waals surface area contributed by atoms with E-state index in [1.54, 1.807) is 12.1 Å². The van der Waals surface area contributed by atoms with E-state index in [1.165, 1.54) is 7.11 Å². The van der Waals surface area contributed by atoms with Crippen LogP contribution in [0, 0.1) is 0 Å². The quantitative estimate of drug-likeness (QED) is 0.765. The lowest BCUT2D eigenvalue weighted by atomic mass is 9.96. The lowest BCUT2D eigenvalue weighted by Crippen LogP contribution is -2.33. The molecule has 0 aromatic heterocycles. The molecule has 0 fully saturated rings.